The van der Waals surface area contributed by atoms with Gasteiger partial charge in [-0.15, -0.1) is 0 Å². The molecule has 0 saturated carbocycles. The van der Waals surface area contributed by atoms with Gasteiger partial charge in [0.1, 0.15) is 16.9 Å². The van der Waals surface area contributed by atoms with E-state index in [9.17, 15) is 9.59 Å². The Morgan fingerprint density at radius 1 is 1.07 bits per heavy atom. The fourth-order valence-corrected chi connectivity index (χ4v) is 5.91. The number of amides is 2. The Morgan fingerprint density at radius 3 is 2.70 bits per heavy atom. The molecule has 5 heterocycles. The number of likely N-dealkylation sites (tertiary alicyclic amines) is 1. The smallest absolute Gasteiger partial charge is 0.410 e. The van der Waals surface area contributed by atoms with Gasteiger partial charge >= 0.3 is 6.09 Å². The SMILES string of the molecule is Cc1c[nH]c2ncc(-c3cc4c(c([C@@H]5CCCN5C(=O)OC(C)(C)C)c3)CN(C(=O)c3ccccn3)CC4)cc12. The van der Waals surface area contributed by atoms with Crippen LogP contribution in [0.4, 0.5) is 4.79 Å². The monoisotopic (exact) mass is 537 g/mol. The van der Waals surface area contributed by atoms with E-state index in [4.69, 9.17) is 4.74 Å². The number of fused-ring (bicyclic) bond motifs is 2. The highest BCUT2D eigenvalue weighted by Crippen LogP contribution is 2.40. The molecular formula is C32H35N5O3. The van der Waals surface area contributed by atoms with Gasteiger partial charge in [-0.25, -0.2) is 9.78 Å². The number of pyridine rings is 2. The van der Waals surface area contributed by atoms with Gasteiger partial charge in [-0.3, -0.25) is 9.78 Å². The zero-order valence-electron chi connectivity index (χ0n) is 23.5. The lowest BCUT2D eigenvalue weighted by molar-refractivity contribution is 0.0222. The number of hydrogen-bond donors (Lipinski definition) is 1. The molecule has 1 atom stereocenters. The van der Waals surface area contributed by atoms with Gasteiger partial charge in [0.2, 0.25) is 0 Å². The van der Waals surface area contributed by atoms with Crippen molar-refractivity contribution in [2.24, 2.45) is 0 Å². The molecule has 0 spiro atoms. The number of benzene rings is 1. The summed E-state index contributed by atoms with van der Waals surface area (Å²) in [5.41, 5.74) is 7.41. The summed E-state index contributed by atoms with van der Waals surface area (Å²) >= 11 is 0. The van der Waals surface area contributed by atoms with E-state index in [-0.39, 0.29) is 18.0 Å². The average Bonchev–Trinajstić information content (AvgIpc) is 3.58. The minimum atomic E-state index is -0.576. The predicted molar refractivity (Wildman–Crippen MR) is 154 cm³/mol. The van der Waals surface area contributed by atoms with Crippen molar-refractivity contribution in [1.29, 1.82) is 0 Å². The van der Waals surface area contributed by atoms with Crippen LogP contribution in [-0.4, -0.2) is 55.4 Å². The standard InChI is InChI=1S/C32H35N5O3/c1-20-17-34-29-24(20)16-23(18-35-29)22-14-21-10-13-36(30(38)27-8-5-6-11-33-27)19-26(21)25(15-22)28-9-7-12-37(28)31(39)40-32(2,3)4/h5-6,8,11,14-18,28H,7,9-10,12-13,19H2,1-4H3,(H,34,35)/t28-/m0/s1. The molecule has 2 aliphatic rings. The van der Waals surface area contributed by atoms with Crippen molar-refractivity contribution in [3.05, 3.63) is 82.9 Å². The number of aryl methyl sites for hydroxylation is 1. The third kappa shape index (κ3) is 4.94. The van der Waals surface area contributed by atoms with Crippen LogP contribution >= 0.6 is 0 Å². The highest BCUT2D eigenvalue weighted by atomic mass is 16.6. The number of aromatic nitrogens is 3. The number of hydrogen-bond acceptors (Lipinski definition) is 5. The third-order valence-corrected chi connectivity index (χ3v) is 7.86. The Morgan fingerprint density at radius 2 is 1.93 bits per heavy atom. The second-order valence-electron chi connectivity index (χ2n) is 11.8. The lowest BCUT2D eigenvalue weighted by Gasteiger charge is -2.34. The Kier molecular flexibility index (Phi) is 6.56. The summed E-state index contributed by atoms with van der Waals surface area (Å²) in [6.45, 7) is 9.49. The lowest BCUT2D eigenvalue weighted by atomic mass is 9.86. The van der Waals surface area contributed by atoms with Gasteiger partial charge < -0.3 is 19.5 Å². The van der Waals surface area contributed by atoms with Crippen molar-refractivity contribution in [2.75, 3.05) is 13.1 Å². The molecule has 2 aliphatic heterocycles. The van der Waals surface area contributed by atoms with E-state index in [0.29, 0.717) is 25.3 Å². The molecule has 8 heteroatoms. The van der Waals surface area contributed by atoms with E-state index in [2.05, 4.69) is 40.1 Å². The van der Waals surface area contributed by atoms with Crippen molar-refractivity contribution in [2.45, 2.75) is 65.1 Å². The minimum Gasteiger partial charge on any atom is -0.444 e. The number of carbonyl (C=O) groups is 2. The van der Waals surface area contributed by atoms with Crippen molar-refractivity contribution >= 4 is 23.0 Å². The van der Waals surface area contributed by atoms with E-state index in [1.807, 2.05) is 55.1 Å². The first-order chi connectivity index (χ1) is 19.2. The van der Waals surface area contributed by atoms with E-state index < -0.39 is 5.60 Å². The zero-order valence-corrected chi connectivity index (χ0v) is 23.5. The molecule has 3 aromatic heterocycles. The van der Waals surface area contributed by atoms with Gasteiger partial charge in [-0.05, 0) is 99.0 Å². The fraction of sp³-hybridized carbons (Fsp3) is 0.375. The number of carbonyl (C=O) groups excluding carboxylic acids is 2. The molecule has 2 amide bonds. The van der Waals surface area contributed by atoms with Gasteiger partial charge in [-0.1, -0.05) is 12.1 Å². The summed E-state index contributed by atoms with van der Waals surface area (Å²) in [5, 5.41) is 1.10. The highest BCUT2D eigenvalue weighted by molar-refractivity contribution is 5.92. The molecule has 1 N–H and O–H groups in total. The Labute approximate surface area is 234 Å². The molecule has 0 aliphatic carbocycles. The van der Waals surface area contributed by atoms with Gasteiger partial charge in [0.15, 0.2) is 0 Å². The van der Waals surface area contributed by atoms with Crippen molar-refractivity contribution < 1.29 is 14.3 Å². The molecule has 0 bridgehead atoms. The normalized spacial score (nSPS) is 17.2. The van der Waals surface area contributed by atoms with Crippen LogP contribution < -0.4 is 0 Å². The van der Waals surface area contributed by atoms with Crippen molar-refractivity contribution in [3.8, 4) is 11.1 Å². The topological polar surface area (TPSA) is 91.4 Å². The Bertz CT molecular complexity index is 1590. The highest BCUT2D eigenvalue weighted by Gasteiger charge is 2.36. The molecule has 1 saturated heterocycles. The number of nitrogens with zero attached hydrogens (tertiary/aromatic N) is 4. The molecule has 4 aromatic rings. The summed E-state index contributed by atoms with van der Waals surface area (Å²) in [7, 11) is 0. The summed E-state index contributed by atoms with van der Waals surface area (Å²) in [5.74, 6) is -0.0747. The van der Waals surface area contributed by atoms with Gasteiger partial charge in [0, 0.05) is 49.2 Å². The van der Waals surface area contributed by atoms with Crippen LogP contribution in [0.5, 0.6) is 0 Å². The van der Waals surface area contributed by atoms with Crippen molar-refractivity contribution in [1.82, 2.24) is 24.8 Å². The summed E-state index contributed by atoms with van der Waals surface area (Å²) in [6.07, 6.45) is 7.71. The average molecular weight is 538 g/mol. The van der Waals surface area contributed by atoms with E-state index in [0.717, 1.165) is 58.1 Å². The Hall–Kier alpha value is -4.20. The quantitative estimate of drug-likeness (QED) is 0.336. The molecular weight excluding hydrogens is 502 g/mol. The molecule has 40 heavy (non-hydrogen) atoms. The molecule has 1 aromatic carbocycles. The third-order valence-electron chi connectivity index (χ3n) is 7.86. The number of aromatic amines is 1. The number of rotatable bonds is 3. The number of H-pyrrole nitrogens is 1. The number of ether oxygens (including phenoxy) is 1. The van der Waals surface area contributed by atoms with Gasteiger partial charge in [-0.2, -0.15) is 0 Å². The molecule has 1 fully saturated rings. The molecule has 0 radical (unpaired) electrons. The Balaban J connectivity index is 1.43. The van der Waals surface area contributed by atoms with Crippen molar-refractivity contribution in [3.63, 3.8) is 0 Å². The maximum absolute atomic E-state index is 13.4. The first-order valence-electron chi connectivity index (χ1n) is 14.0. The lowest BCUT2D eigenvalue weighted by Crippen LogP contribution is -2.39. The predicted octanol–water partition coefficient (Wildman–Crippen LogP) is 6.20. The van der Waals surface area contributed by atoms with Gasteiger partial charge in [0.05, 0.1) is 6.04 Å². The van der Waals surface area contributed by atoms with Crippen LogP contribution in [0, 0.1) is 6.92 Å². The number of nitrogens with one attached hydrogen (secondary N) is 1. The maximum atomic E-state index is 13.4. The van der Waals surface area contributed by atoms with Crippen LogP contribution in [0.2, 0.25) is 0 Å². The maximum Gasteiger partial charge on any atom is 0.410 e. The second-order valence-corrected chi connectivity index (χ2v) is 11.8. The van der Waals surface area contributed by atoms with E-state index >= 15 is 0 Å². The van der Waals surface area contributed by atoms with Crippen LogP contribution in [0.15, 0.2) is 55.0 Å². The van der Waals surface area contributed by atoms with Crippen LogP contribution in [0.3, 0.4) is 0 Å². The molecule has 206 valence electrons. The summed E-state index contributed by atoms with van der Waals surface area (Å²) in [6, 6.07) is 11.9. The fourth-order valence-electron chi connectivity index (χ4n) is 5.91. The second kappa shape index (κ2) is 10.1. The molecule has 8 nitrogen and oxygen atoms in total. The van der Waals surface area contributed by atoms with Gasteiger partial charge in [0.25, 0.3) is 5.91 Å². The summed E-state index contributed by atoms with van der Waals surface area (Å²) in [4.78, 5) is 42.6. The zero-order chi connectivity index (χ0) is 28.0. The summed E-state index contributed by atoms with van der Waals surface area (Å²) < 4.78 is 5.80. The van der Waals surface area contributed by atoms with Crippen LogP contribution in [0.25, 0.3) is 22.2 Å². The largest absolute Gasteiger partial charge is 0.444 e. The molecule has 6 rings (SSSR count). The van der Waals surface area contributed by atoms with E-state index in [1.165, 1.54) is 5.56 Å². The minimum absolute atomic E-state index is 0.0747. The van der Waals surface area contributed by atoms with Crippen LogP contribution in [-0.2, 0) is 17.7 Å². The molecule has 0 unspecified atom stereocenters. The van der Waals surface area contributed by atoms with E-state index in [1.54, 1.807) is 12.3 Å². The first kappa shape index (κ1) is 26.0. The first-order valence-corrected chi connectivity index (χ1v) is 14.0. The van der Waals surface area contributed by atoms with Crippen LogP contribution in [0.1, 0.15) is 72.4 Å².